The SMILES string of the molecule is Cl.O=[N+]([O-])OCC(CO)(CO[N+](=O)[O-])CO[N+](=O)[O-].c1nncnn1. The molecule has 25 heavy (non-hydrogen) atoms. The van der Waals surface area contributed by atoms with E-state index in [1.807, 2.05) is 0 Å². The minimum absolute atomic E-state index is 0. The Kier molecular flexibility index (Phi) is 12.7. The number of aliphatic hydroxyl groups is 1. The smallest absolute Gasteiger partial charge is 0.294 e. The molecule has 18 heteroatoms. The summed E-state index contributed by atoms with van der Waals surface area (Å²) in [6.45, 7) is -3.50. The summed E-state index contributed by atoms with van der Waals surface area (Å²) in [4.78, 5) is 41.7. The third-order valence-corrected chi connectivity index (χ3v) is 2.10. The second-order valence-electron chi connectivity index (χ2n) is 3.84. The molecule has 0 aliphatic heterocycles. The van der Waals surface area contributed by atoms with Gasteiger partial charge in [-0.15, -0.1) is 63.1 Å². The van der Waals surface area contributed by atoms with Crippen molar-refractivity contribution in [3.05, 3.63) is 43.0 Å². The number of hydrogen-bond acceptors (Lipinski definition) is 14. The molecule has 1 heterocycles. The van der Waals surface area contributed by atoms with Gasteiger partial charge < -0.3 is 19.6 Å². The average molecular weight is 390 g/mol. The Labute approximate surface area is 143 Å². The van der Waals surface area contributed by atoms with Crippen LogP contribution in [0.1, 0.15) is 0 Å². The molecular formula is C7H12ClN7O10. The predicted molar refractivity (Wildman–Crippen MR) is 73.2 cm³/mol. The van der Waals surface area contributed by atoms with Gasteiger partial charge >= 0.3 is 0 Å². The fraction of sp³-hybridized carbons (Fsp3) is 0.714. The van der Waals surface area contributed by atoms with Gasteiger partial charge in [0, 0.05) is 0 Å². The van der Waals surface area contributed by atoms with E-state index in [1.165, 1.54) is 12.7 Å². The zero-order valence-corrected chi connectivity index (χ0v) is 13.0. The highest BCUT2D eigenvalue weighted by atomic mass is 35.5. The fourth-order valence-corrected chi connectivity index (χ4v) is 0.996. The van der Waals surface area contributed by atoms with Gasteiger partial charge in [0.25, 0.3) is 15.3 Å². The van der Waals surface area contributed by atoms with Crippen molar-refractivity contribution >= 4 is 12.4 Å². The van der Waals surface area contributed by atoms with Crippen molar-refractivity contribution in [2.45, 2.75) is 0 Å². The van der Waals surface area contributed by atoms with E-state index < -0.39 is 47.1 Å². The fourth-order valence-electron chi connectivity index (χ4n) is 0.996. The minimum atomic E-state index is -1.80. The van der Waals surface area contributed by atoms with Crippen LogP contribution < -0.4 is 0 Å². The molecule has 142 valence electrons. The summed E-state index contributed by atoms with van der Waals surface area (Å²) in [6.07, 6.45) is 2.56. The number of rotatable bonds is 10. The first-order valence-corrected chi connectivity index (χ1v) is 5.67. The molecule has 0 atom stereocenters. The van der Waals surface area contributed by atoms with E-state index in [-0.39, 0.29) is 12.4 Å². The van der Waals surface area contributed by atoms with Crippen LogP contribution in [-0.4, -0.2) is 67.2 Å². The van der Waals surface area contributed by atoms with Crippen molar-refractivity contribution in [3.63, 3.8) is 0 Å². The van der Waals surface area contributed by atoms with Crippen molar-refractivity contribution in [1.29, 1.82) is 0 Å². The maximum Gasteiger partial charge on any atom is 0.294 e. The van der Waals surface area contributed by atoms with Crippen molar-refractivity contribution < 1.29 is 34.9 Å². The Bertz CT molecular complexity index is 449. The lowest BCUT2D eigenvalue weighted by Crippen LogP contribution is -2.42. The van der Waals surface area contributed by atoms with Crippen LogP contribution in [0.15, 0.2) is 12.7 Å². The normalized spacial score (nSPS) is 9.48. The summed E-state index contributed by atoms with van der Waals surface area (Å²) in [5, 5.41) is 48.8. The van der Waals surface area contributed by atoms with Crippen LogP contribution in [0.5, 0.6) is 0 Å². The van der Waals surface area contributed by atoms with E-state index in [9.17, 15) is 30.3 Å². The van der Waals surface area contributed by atoms with Crippen molar-refractivity contribution in [1.82, 2.24) is 20.4 Å². The molecule has 0 radical (unpaired) electrons. The summed E-state index contributed by atoms with van der Waals surface area (Å²) in [6, 6.07) is 0. The van der Waals surface area contributed by atoms with Crippen molar-refractivity contribution in [2.75, 3.05) is 26.4 Å². The van der Waals surface area contributed by atoms with Gasteiger partial charge in [-0.05, 0) is 0 Å². The number of aliphatic hydroxyl groups excluding tert-OH is 1. The van der Waals surface area contributed by atoms with Crippen LogP contribution in [0.2, 0.25) is 0 Å². The van der Waals surface area contributed by atoms with Gasteiger partial charge in [0.15, 0.2) is 12.7 Å². The molecule has 0 bridgehead atoms. The van der Waals surface area contributed by atoms with Crippen molar-refractivity contribution in [2.24, 2.45) is 5.41 Å². The highest BCUT2D eigenvalue weighted by molar-refractivity contribution is 5.85. The lowest BCUT2D eigenvalue weighted by atomic mass is 9.93. The topological polar surface area (TPSA) is 229 Å². The molecule has 0 spiro atoms. The Balaban J connectivity index is 0. The molecular weight excluding hydrogens is 378 g/mol. The molecule has 0 saturated carbocycles. The van der Waals surface area contributed by atoms with E-state index >= 15 is 0 Å². The molecule has 0 aliphatic rings. The summed E-state index contributed by atoms with van der Waals surface area (Å²) in [7, 11) is 0. The number of hydrogen-bond donors (Lipinski definition) is 1. The molecule has 1 aromatic rings. The molecule has 0 aliphatic carbocycles. The molecule has 0 saturated heterocycles. The molecule has 1 rings (SSSR count). The first kappa shape index (κ1) is 24.0. The first-order chi connectivity index (χ1) is 11.3. The van der Waals surface area contributed by atoms with Gasteiger partial charge in [-0.3, -0.25) is 0 Å². The van der Waals surface area contributed by atoms with E-state index in [0.29, 0.717) is 0 Å². The van der Waals surface area contributed by atoms with Crippen LogP contribution in [-0.2, 0) is 14.5 Å². The Morgan fingerprint density at radius 1 is 0.800 bits per heavy atom. The number of aromatic nitrogens is 4. The van der Waals surface area contributed by atoms with Gasteiger partial charge in [0.2, 0.25) is 0 Å². The van der Waals surface area contributed by atoms with E-state index in [2.05, 4.69) is 34.9 Å². The molecule has 1 aromatic heterocycles. The van der Waals surface area contributed by atoms with Gasteiger partial charge in [-0.2, -0.15) is 0 Å². The van der Waals surface area contributed by atoms with Gasteiger partial charge in [-0.1, -0.05) is 0 Å². The first-order valence-electron chi connectivity index (χ1n) is 5.67. The standard InChI is InChI=1S/C5H9N3O10.C2H2N4.ClH/c9-1-5(2-16-6(10)11,3-17-7(12)13)4-18-8(14)15;1-3-5-2-6-4-1;/h9H,1-4H2;1-2H;1H. The molecule has 0 amide bonds. The monoisotopic (exact) mass is 389 g/mol. The lowest BCUT2D eigenvalue weighted by Gasteiger charge is -2.27. The van der Waals surface area contributed by atoms with E-state index in [4.69, 9.17) is 5.11 Å². The highest BCUT2D eigenvalue weighted by Crippen LogP contribution is 2.19. The Hall–Kier alpha value is -3.21. The summed E-state index contributed by atoms with van der Waals surface area (Å²) in [5.41, 5.74) is -1.80. The second kappa shape index (κ2) is 13.2. The quantitative estimate of drug-likeness (QED) is 0.346. The zero-order chi connectivity index (χ0) is 18.4. The van der Waals surface area contributed by atoms with Crippen LogP contribution >= 0.6 is 12.4 Å². The second-order valence-corrected chi connectivity index (χ2v) is 3.84. The Morgan fingerprint density at radius 2 is 1.08 bits per heavy atom. The average Bonchev–Trinajstić information content (AvgIpc) is 2.56. The largest absolute Gasteiger partial charge is 0.396 e. The number of nitrogens with zero attached hydrogens (tertiary/aromatic N) is 7. The summed E-state index contributed by atoms with van der Waals surface area (Å²) >= 11 is 0. The van der Waals surface area contributed by atoms with Crippen molar-refractivity contribution in [3.8, 4) is 0 Å². The molecule has 1 N–H and O–H groups in total. The van der Waals surface area contributed by atoms with Gasteiger partial charge in [0.05, 0.1) is 12.0 Å². The number of halogens is 1. The summed E-state index contributed by atoms with van der Waals surface area (Å²) in [5.74, 6) is 0. The lowest BCUT2D eigenvalue weighted by molar-refractivity contribution is -0.782. The van der Waals surface area contributed by atoms with Gasteiger partial charge in [-0.25, -0.2) is 0 Å². The third kappa shape index (κ3) is 13.0. The third-order valence-electron chi connectivity index (χ3n) is 2.10. The predicted octanol–water partition coefficient (Wildman–Crippen LogP) is -1.72. The van der Waals surface area contributed by atoms with E-state index in [1.54, 1.807) is 0 Å². The molecule has 17 nitrogen and oxygen atoms in total. The molecule has 0 fully saturated rings. The van der Waals surface area contributed by atoms with Crippen LogP contribution in [0.25, 0.3) is 0 Å². The van der Waals surface area contributed by atoms with Crippen LogP contribution in [0, 0.1) is 35.8 Å². The van der Waals surface area contributed by atoms with Crippen LogP contribution in [0.3, 0.4) is 0 Å². The Morgan fingerprint density at radius 3 is 1.24 bits per heavy atom. The van der Waals surface area contributed by atoms with Crippen LogP contribution in [0.4, 0.5) is 0 Å². The van der Waals surface area contributed by atoms with Gasteiger partial charge in [0.1, 0.15) is 19.8 Å². The minimum Gasteiger partial charge on any atom is -0.396 e. The summed E-state index contributed by atoms with van der Waals surface area (Å²) < 4.78 is 0. The maximum absolute atomic E-state index is 9.99. The molecule has 0 unspecified atom stereocenters. The zero-order valence-electron chi connectivity index (χ0n) is 12.1. The van der Waals surface area contributed by atoms with E-state index in [0.717, 1.165) is 0 Å². The highest BCUT2D eigenvalue weighted by Gasteiger charge is 2.34. The molecule has 0 aromatic carbocycles. The maximum atomic E-state index is 9.99.